The van der Waals surface area contributed by atoms with Crippen LogP contribution in [0.2, 0.25) is 0 Å². The van der Waals surface area contributed by atoms with E-state index >= 15 is 0 Å². The first-order valence-corrected chi connectivity index (χ1v) is 11.4. The van der Waals surface area contributed by atoms with Crippen molar-refractivity contribution in [2.24, 2.45) is 16.8 Å². The van der Waals surface area contributed by atoms with Gasteiger partial charge in [0.2, 0.25) is 0 Å². The minimum absolute atomic E-state index is 0. The van der Waals surface area contributed by atoms with E-state index in [1.165, 1.54) is 25.9 Å². The highest BCUT2D eigenvalue weighted by Gasteiger charge is 2.25. The topological polar surface area (TPSA) is 60.0 Å². The Morgan fingerprint density at radius 3 is 2.29 bits per heavy atom. The predicted octanol–water partition coefficient (Wildman–Crippen LogP) is 3.82. The Balaban J connectivity index is 0.00000480. The first-order chi connectivity index (χ1) is 14.3. The molecule has 0 saturated carbocycles. The molecule has 0 radical (unpaired) electrons. The highest BCUT2D eigenvalue weighted by molar-refractivity contribution is 14.0. The third kappa shape index (κ3) is 8.96. The predicted molar refractivity (Wildman–Crippen MR) is 141 cm³/mol. The number of hydrogen-bond acceptors (Lipinski definition) is 3. The largest absolute Gasteiger partial charge is 0.357 e. The molecule has 0 spiro atoms. The van der Waals surface area contributed by atoms with Gasteiger partial charge in [0.15, 0.2) is 5.96 Å². The molecule has 7 heteroatoms. The van der Waals surface area contributed by atoms with Gasteiger partial charge in [-0.15, -0.1) is 24.0 Å². The Morgan fingerprint density at radius 2 is 1.77 bits per heavy atom. The molecule has 6 nitrogen and oxygen atoms in total. The molecule has 1 heterocycles. The minimum atomic E-state index is 0. The number of aliphatic imine (C=N–C) groups is 1. The van der Waals surface area contributed by atoms with Gasteiger partial charge in [-0.2, -0.15) is 0 Å². The van der Waals surface area contributed by atoms with Crippen LogP contribution in [0, 0.1) is 11.8 Å². The molecule has 1 amide bonds. The molecule has 0 aromatic heterocycles. The molecule has 2 N–H and O–H groups in total. The summed E-state index contributed by atoms with van der Waals surface area (Å²) in [5.41, 5.74) is 1.79. The summed E-state index contributed by atoms with van der Waals surface area (Å²) in [6, 6.07) is 8.22. The van der Waals surface area contributed by atoms with Gasteiger partial charge in [0.25, 0.3) is 5.91 Å². The maximum atomic E-state index is 12.0. The molecule has 1 fully saturated rings. The van der Waals surface area contributed by atoms with Crippen LogP contribution >= 0.6 is 24.0 Å². The third-order valence-corrected chi connectivity index (χ3v) is 5.91. The summed E-state index contributed by atoms with van der Waals surface area (Å²) in [7, 11) is 3.54. The van der Waals surface area contributed by atoms with E-state index in [0.717, 1.165) is 30.5 Å². The van der Waals surface area contributed by atoms with E-state index in [1.807, 2.05) is 24.3 Å². The lowest BCUT2D eigenvalue weighted by Crippen LogP contribution is -2.51. The summed E-state index contributed by atoms with van der Waals surface area (Å²) in [5.74, 6) is 2.31. The summed E-state index contributed by atoms with van der Waals surface area (Å²) in [5, 5.41) is 6.92. The van der Waals surface area contributed by atoms with E-state index in [2.05, 4.69) is 43.2 Å². The quantitative estimate of drug-likeness (QED) is 0.298. The first kappa shape index (κ1) is 27.7. The maximum absolute atomic E-state index is 12.0. The Kier molecular flexibility index (Phi) is 12.4. The van der Waals surface area contributed by atoms with Gasteiger partial charge in [-0.25, -0.2) is 4.99 Å². The summed E-state index contributed by atoms with van der Waals surface area (Å²) >= 11 is 0. The lowest BCUT2D eigenvalue weighted by molar-refractivity contribution is 0.0827. The normalized spacial score (nSPS) is 16.5. The van der Waals surface area contributed by atoms with Crippen molar-refractivity contribution in [1.82, 2.24) is 20.4 Å². The number of likely N-dealkylation sites (tertiary alicyclic amines) is 1. The van der Waals surface area contributed by atoms with Gasteiger partial charge < -0.3 is 15.5 Å². The Bertz CT molecular complexity index is 682. The van der Waals surface area contributed by atoms with Crippen molar-refractivity contribution < 1.29 is 4.79 Å². The van der Waals surface area contributed by atoms with Gasteiger partial charge in [0.1, 0.15) is 0 Å². The number of halogens is 1. The second-order valence-corrected chi connectivity index (χ2v) is 9.00. The highest BCUT2D eigenvalue weighted by atomic mass is 127. The van der Waals surface area contributed by atoms with Crippen molar-refractivity contribution in [3.05, 3.63) is 35.4 Å². The van der Waals surface area contributed by atoms with Crippen molar-refractivity contribution in [2.45, 2.75) is 53.1 Å². The molecule has 0 aliphatic carbocycles. The molecule has 31 heavy (non-hydrogen) atoms. The fourth-order valence-corrected chi connectivity index (χ4v) is 3.87. The fourth-order valence-electron chi connectivity index (χ4n) is 3.87. The van der Waals surface area contributed by atoms with Crippen LogP contribution in [0.25, 0.3) is 0 Å². The zero-order chi connectivity index (χ0) is 22.1. The van der Waals surface area contributed by atoms with E-state index < -0.39 is 0 Å². The van der Waals surface area contributed by atoms with Crippen molar-refractivity contribution in [1.29, 1.82) is 0 Å². The minimum Gasteiger partial charge on any atom is -0.357 e. The monoisotopic (exact) mass is 543 g/mol. The molecular weight excluding hydrogens is 501 g/mol. The van der Waals surface area contributed by atoms with Gasteiger partial charge in [-0.1, -0.05) is 32.9 Å². The average Bonchev–Trinajstić information content (AvgIpc) is 2.72. The Labute approximate surface area is 206 Å². The van der Waals surface area contributed by atoms with Crippen LogP contribution in [0.15, 0.2) is 29.3 Å². The molecule has 1 unspecified atom stereocenters. The van der Waals surface area contributed by atoms with E-state index in [9.17, 15) is 4.79 Å². The number of rotatable bonds is 8. The van der Waals surface area contributed by atoms with Gasteiger partial charge >= 0.3 is 0 Å². The molecule has 0 bridgehead atoms. The van der Waals surface area contributed by atoms with Crippen LogP contribution in [0.5, 0.6) is 0 Å². The molecule has 1 aromatic carbocycles. The van der Waals surface area contributed by atoms with E-state index in [-0.39, 0.29) is 29.9 Å². The second-order valence-electron chi connectivity index (χ2n) is 9.00. The summed E-state index contributed by atoms with van der Waals surface area (Å²) in [6.07, 6.45) is 2.59. The second kappa shape index (κ2) is 13.9. The number of guanidine groups is 1. The smallest absolute Gasteiger partial charge is 0.253 e. The maximum Gasteiger partial charge on any atom is 0.253 e. The first-order valence-electron chi connectivity index (χ1n) is 11.4. The third-order valence-electron chi connectivity index (χ3n) is 5.91. The highest BCUT2D eigenvalue weighted by Crippen LogP contribution is 2.21. The molecular formula is C24H42IN5O. The lowest BCUT2D eigenvalue weighted by Gasteiger charge is -2.39. The Morgan fingerprint density at radius 1 is 1.16 bits per heavy atom. The fraction of sp³-hybridized carbons (Fsp3) is 0.667. The summed E-state index contributed by atoms with van der Waals surface area (Å²) < 4.78 is 0. The molecule has 2 rings (SSSR count). The molecule has 1 atom stereocenters. The zero-order valence-corrected chi connectivity index (χ0v) is 22.5. The number of piperidine rings is 1. The zero-order valence-electron chi connectivity index (χ0n) is 20.1. The number of hydrogen-bond donors (Lipinski definition) is 2. The van der Waals surface area contributed by atoms with Crippen molar-refractivity contribution in [3.63, 3.8) is 0 Å². The number of nitrogens with one attached hydrogen (secondary N) is 2. The SMILES string of the molecule is CCNC(=NCc1ccc(C(=O)N(C)C)cc1)NCC(C(C)C)N1CCC(C)CC1.I. The van der Waals surface area contributed by atoms with Crippen LogP contribution in [0.3, 0.4) is 0 Å². The van der Waals surface area contributed by atoms with E-state index in [4.69, 9.17) is 4.99 Å². The van der Waals surface area contributed by atoms with E-state index in [0.29, 0.717) is 24.1 Å². The average molecular weight is 544 g/mol. The standard InChI is InChI=1S/C24H41N5O.HI/c1-7-25-24(26-16-20-8-10-21(11-9-20)23(30)28(5)6)27-17-22(18(2)3)29-14-12-19(4)13-15-29;/h8-11,18-19,22H,7,12-17H2,1-6H3,(H2,25,26,27);1H. The van der Waals surface area contributed by atoms with Crippen LogP contribution < -0.4 is 10.6 Å². The summed E-state index contributed by atoms with van der Waals surface area (Å²) in [4.78, 5) is 21.0. The van der Waals surface area contributed by atoms with Crippen LogP contribution in [-0.2, 0) is 6.54 Å². The van der Waals surface area contributed by atoms with Gasteiger partial charge in [-0.05, 0) is 62.4 Å². The summed E-state index contributed by atoms with van der Waals surface area (Å²) in [6.45, 7) is 13.8. The van der Waals surface area contributed by atoms with Gasteiger partial charge in [0, 0.05) is 38.8 Å². The van der Waals surface area contributed by atoms with E-state index in [1.54, 1.807) is 19.0 Å². The van der Waals surface area contributed by atoms with Gasteiger partial charge in [0.05, 0.1) is 6.54 Å². The van der Waals surface area contributed by atoms with Gasteiger partial charge in [-0.3, -0.25) is 9.69 Å². The molecule has 1 aliphatic heterocycles. The van der Waals surface area contributed by atoms with Crippen molar-refractivity contribution in [3.8, 4) is 0 Å². The lowest BCUT2D eigenvalue weighted by atomic mass is 9.94. The number of benzene rings is 1. The molecule has 176 valence electrons. The number of carbonyl (C=O) groups is 1. The number of nitrogens with zero attached hydrogens (tertiary/aromatic N) is 3. The Hall–Kier alpha value is -1.35. The molecule has 1 aromatic rings. The number of carbonyl (C=O) groups excluding carboxylic acids is 1. The van der Waals surface area contributed by atoms with Crippen LogP contribution in [0.1, 0.15) is 56.5 Å². The van der Waals surface area contributed by atoms with Crippen molar-refractivity contribution in [2.75, 3.05) is 40.3 Å². The molecule has 1 aliphatic rings. The van der Waals surface area contributed by atoms with Crippen molar-refractivity contribution >= 4 is 35.8 Å². The number of amides is 1. The van der Waals surface area contributed by atoms with Crippen LogP contribution in [0.4, 0.5) is 0 Å². The van der Waals surface area contributed by atoms with Crippen LogP contribution in [-0.4, -0.2) is 68.0 Å². The molecule has 1 saturated heterocycles.